The number of anilines is 1. The van der Waals surface area contributed by atoms with E-state index in [0.717, 1.165) is 23.0 Å². The normalized spacial score (nSPS) is 21.8. The van der Waals surface area contributed by atoms with Crippen LogP contribution in [-0.2, 0) is 9.53 Å². The molecule has 1 unspecified atom stereocenters. The van der Waals surface area contributed by atoms with E-state index in [2.05, 4.69) is 29.7 Å². The molecule has 4 nitrogen and oxygen atoms in total. The molecule has 0 aromatic heterocycles. The third kappa shape index (κ3) is 5.38. The predicted molar refractivity (Wildman–Crippen MR) is 102 cm³/mol. The molecule has 1 saturated heterocycles. The van der Waals surface area contributed by atoms with Gasteiger partial charge in [0.05, 0.1) is 6.61 Å². The summed E-state index contributed by atoms with van der Waals surface area (Å²) >= 11 is 1.99. The molecular weight excluding hydrogens is 344 g/mol. The van der Waals surface area contributed by atoms with Gasteiger partial charge in [-0.25, -0.2) is 0 Å². The molecule has 0 bridgehead atoms. The number of benzene rings is 1. The second kappa shape index (κ2) is 9.66. The molecule has 134 valence electrons. The second-order valence-electron chi connectivity index (χ2n) is 6.41. The van der Waals surface area contributed by atoms with Crippen molar-refractivity contribution in [3.8, 4) is 0 Å². The fourth-order valence-electron chi connectivity index (χ4n) is 3.17. The molecule has 1 aromatic rings. The minimum Gasteiger partial charge on any atom is -0.366 e. The molecule has 2 aliphatic rings. The minimum atomic E-state index is -0.389. The molecule has 1 amide bonds. The zero-order valence-corrected chi connectivity index (χ0v) is 15.8. The van der Waals surface area contributed by atoms with Crippen LogP contribution in [0.2, 0.25) is 0 Å². The Kier molecular flexibility index (Phi) is 7.88. The van der Waals surface area contributed by atoms with E-state index >= 15 is 0 Å². The summed E-state index contributed by atoms with van der Waals surface area (Å²) in [4.78, 5) is 13.5. The summed E-state index contributed by atoms with van der Waals surface area (Å²) in [5.41, 5.74) is 2.00. The van der Waals surface area contributed by atoms with Crippen LogP contribution in [0.5, 0.6) is 0 Å². The van der Waals surface area contributed by atoms with E-state index in [4.69, 9.17) is 4.74 Å². The minimum absolute atomic E-state index is 0. The Morgan fingerprint density at radius 3 is 2.75 bits per heavy atom. The van der Waals surface area contributed by atoms with Gasteiger partial charge < -0.3 is 15.4 Å². The number of morpholine rings is 1. The van der Waals surface area contributed by atoms with Crippen molar-refractivity contribution >= 4 is 35.8 Å². The number of thioether (sulfide) groups is 1. The van der Waals surface area contributed by atoms with Crippen LogP contribution in [0.4, 0.5) is 5.69 Å². The fourth-order valence-corrected chi connectivity index (χ4v) is 4.52. The topological polar surface area (TPSA) is 50.4 Å². The molecule has 1 aliphatic heterocycles. The molecule has 0 spiro atoms. The summed E-state index contributed by atoms with van der Waals surface area (Å²) in [5, 5.41) is 6.93. The number of carbonyl (C=O) groups excluding carboxylic acids is 1. The number of rotatable bonds is 4. The highest BCUT2D eigenvalue weighted by atomic mass is 35.5. The molecule has 1 aromatic carbocycles. The zero-order valence-electron chi connectivity index (χ0n) is 14.2. The largest absolute Gasteiger partial charge is 0.366 e. The lowest BCUT2D eigenvalue weighted by Gasteiger charge is -2.23. The fraction of sp³-hybridized carbons (Fsp3) is 0.611. The Morgan fingerprint density at radius 2 is 2.08 bits per heavy atom. The Hall–Kier alpha value is -0.750. The molecular formula is C18H27ClN2O2S. The highest BCUT2D eigenvalue weighted by Crippen LogP contribution is 2.34. The monoisotopic (exact) mass is 370 g/mol. The van der Waals surface area contributed by atoms with Gasteiger partial charge in [-0.1, -0.05) is 19.3 Å². The van der Waals surface area contributed by atoms with Crippen LogP contribution in [0, 0.1) is 6.92 Å². The molecule has 1 saturated carbocycles. The van der Waals surface area contributed by atoms with Crippen LogP contribution in [0.15, 0.2) is 23.1 Å². The lowest BCUT2D eigenvalue weighted by molar-refractivity contribution is -0.128. The summed E-state index contributed by atoms with van der Waals surface area (Å²) < 4.78 is 5.50. The predicted octanol–water partition coefficient (Wildman–Crippen LogP) is 3.77. The number of hydrogen-bond donors (Lipinski definition) is 2. The second-order valence-corrected chi connectivity index (χ2v) is 7.78. The van der Waals surface area contributed by atoms with Crippen molar-refractivity contribution in [3.63, 3.8) is 0 Å². The van der Waals surface area contributed by atoms with Gasteiger partial charge in [-0.3, -0.25) is 4.79 Å². The standard InChI is InChI=1S/C18H26N2O2S.ClH/c1-13-11-15(23-14-5-3-2-4-6-14)7-8-16(13)20-18(21)17-12-19-9-10-22-17;/h7-8,11,14,17,19H,2-6,9-10,12H2,1H3,(H,20,21);1H. The van der Waals surface area contributed by atoms with Crippen LogP contribution in [0.25, 0.3) is 0 Å². The first-order valence-corrected chi connectivity index (χ1v) is 9.51. The lowest BCUT2D eigenvalue weighted by atomic mass is 10.0. The highest BCUT2D eigenvalue weighted by Gasteiger charge is 2.22. The first kappa shape index (κ1) is 19.6. The SMILES string of the molecule is Cc1cc(SC2CCCCC2)ccc1NC(=O)C1CNCCO1.Cl. The van der Waals surface area contributed by atoms with Crippen LogP contribution in [0.1, 0.15) is 37.7 Å². The lowest BCUT2D eigenvalue weighted by Crippen LogP contribution is -2.45. The number of ether oxygens (including phenoxy) is 1. The number of aryl methyl sites for hydroxylation is 1. The summed E-state index contributed by atoms with van der Waals surface area (Å²) in [6, 6.07) is 6.34. The highest BCUT2D eigenvalue weighted by molar-refractivity contribution is 8.00. The molecule has 2 fully saturated rings. The molecule has 0 radical (unpaired) electrons. The van der Waals surface area contributed by atoms with Crippen molar-refractivity contribution < 1.29 is 9.53 Å². The van der Waals surface area contributed by atoms with Crippen molar-refractivity contribution in [3.05, 3.63) is 23.8 Å². The van der Waals surface area contributed by atoms with Gasteiger partial charge in [0, 0.05) is 28.9 Å². The molecule has 1 atom stereocenters. The van der Waals surface area contributed by atoms with Crippen LogP contribution < -0.4 is 10.6 Å². The number of hydrogen-bond acceptors (Lipinski definition) is 4. The van der Waals surface area contributed by atoms with Crippen molar-refractivity contribution in [2.75, 3.05) is 25.0 Å². The van der Waals surface area contributed by atoms with Crippen molar-refractivity contribution in [2.45, 2.75) is 55.3 Å². The van der Waals surface area contributed by atoms with E-state index in [1.165, 1.54) is 37.0 Å². The van der Waals surface area contributed by atoms with E-state index < -0.39 is 0 Å². The summed E-state index contributed by atoms with van der Waals surface area (Å²) in [7, 11) is 0. The van der Waals surface area contributed by atoms with E-state index in [-0.39, 0.29) is 24.4 Å². The van der Waals surface area contributed by atoms with Gasteiger partial charge in [-0.05, 0) is 43.5 Å². The van der Waals surface area contributed by atoms with Gasteiger partial charge in [0.15, 0.2) is 0 Å². The molecule has 1 heterocycles. The van der Waals surface area contributed by atoms with Gasteiger partial charge in [-0.15, -0.1) is 24.2 Å². The first-order valence-electron chi connectivity index (χ1n) is 8.63. The average molecular weight is 371 g/mol. The van der Waals surface area contributed by atoms with Gasteiger partial charge in [0.25, 0.3) is 5.91 Å². The molecule has 1 aliphatic carbocycles. The molecule has 6 heteroatoms. The van der Waals surface area contributed by atoms with Gasteiger partial charge >= 0.3 is 0 Å². The maximum atomic E-state index is 12.2. The van der Waals surface area contributed by atoms with E-state index in [1.54, 1.807) is 0 Å². The third-order valence-electron chi connectivity index (χ3n) is 4.53. The first-order chi connectivity index (χ1) is 11.2. The maximum Gasteiger partial charge on any atom is 0.254 e. The Labute approximate surface area is 154 Å². The third-order valence-corrected chi connectivity index (χ3v) is 5.86. The molecule has 2 N–H and O–H groups in total. The summed E-state index contributed by atoms with van der Waals surface area (Å²) in [6.07, 6.45) is 6.38. The van der Waals surface area contributed by atoms with Gasteiger partial charge in [0.2, 0.25) is 0 Å². The number of carbonyl (C=O) groups is 1. The van der Waals surface area contributed by atoms with E-state index in [9.17, 15) is 4.79 Å². The smallest absolute Gasteiger partial charge is 0.254 e. The van der Waals surface area contributed by atoms with Crippen molar-refractivity contribution in [1.29, 1.82) is 0 Å². The van der Waals surface area contributed by atoms with Gasteiger partial charge in [0.1, 0.15) is 6.10 Å². The quantitative estimate of drug-likeness (QED) is 0.847. The van der Waals surface area contributed by atoms with Crippen LogP contribution >= 0.6 is 24.2 Å². The number of nitrogens with one attached hydrogen (secondary N) is 2. The zero-order chi connectivity index (χ0) is 16.1. The van der Waals surface area contributed by atoms with Gasteiger partial charge in [-0.2, -0.15) is 0 Å². The Balaban J connectivity index is 0.00000208. The van der Waals surface area contributed by atoms with Crippen molar-refractivity contribution in [1.82, 2.24) is 5.32 Å². The Bertz CT molecular complexity index is 544. The van der Waals surface area contributed by atoms with E-state index in [1.807, 2.05) is 17.8 Å². The van der Waals surface area contributed by atoms with Crippen molar-refractivity contribution in [2.24, 2.45) is 0 Å². The average Bonchev–Trinajstić information content (AvgIpc) is 2.59. The number of amides is 1. The maximum absolute atomic E-state index is 12.2. The Morgan fingerprint density at radius 1 is 1.29 bits per heavy atom. The molecule has 3 rings (SSSR count). The van der Waals surface area contributed by atoms with Crippen LogP contribution in [0.3, 0.4) is 0 Å². The number of halogens is 1. The molecule has 24 heavy (non-hydrogen) atoms. The summed E-state index contributed by atoms with van der Waals surface area (Å²) in [6.45, 7) is 4.05. The van der Waals surface area contributed by atoms with E-state index in [0.29, 0.717) is 13.2 Å². The van der Waals surface area contributed by atoms with Crippen LogP contribution in [-0.4, -0.2) is 37.0 Å². The summed E-state index contributed by atoms with van der Waals surface area (Å²) in [5.74, 6) is -0.0621.